The van der Waals surface area contributed by atoms with Crippen LogP contribution < -0.4 is 0 Å². The first kappa shape index (κ1) is 12.1. The van der Waals surface area contributed by atoms with Crippen LogP contribution in [0.1, 0.15) is 0 Å². The normalized spacial score (nSPS) is 18.2. The lowest BCUT2D eigenvalue weighted by molar-refractivity contribution is -0.155. The lowest BCUT2D eigenvalue weighted by Gasteiger charge is -2.37. The molecule has 0 aromatic heterocycles. The van der Waals surface area contributed by atoms with Crippen molar-refractivity contribution < 1.29 is 22.7 Å². The molecule has 1 heterocycles. The second-order valence-corrected chi connectivity index (χ2v) is 6.05. The van der Waals surface area contributed by atoms with Crippen LogP contribution in [-0.4, -0.2) is 39.5 Å². The van der Waals surface area contributed by atoms with Gasteiger partial charge in [-0.3, -0.25) is 4.79 Å². The Labute approximate surface area is 99.3 Å². The summed E-state index contributed by atoms with van der Waals surface area (Å²) in [7, 11) is -2.61. The summed E-state index contributed by atoms with van der Waals surface area (Å²) in [5, 5.41) is 0. The number of hydrogen-bond donors (Lipinski definition) is 0. The van der Waals surface area contributed by atoms with Gasteiger partial charge < -0.3 is 9.47 Å². The molecule has 6 heteroatoms. The molecule has 0 N–H and O–H groups in total. The Balaban J connectivity index is 2.48. The molecule has 1 saturated heterocycles. The van der Waals surface area contributed by atoms with Gasteiger partial charge in [-0.1, -0.05) is 18.2 Å². The third-order valence-corrected chi connectivity index (χ3v) is 5.12. The van der Waals surface area contributed by atoms with Crippen molar-refractivity contribution in [3.05, 3.63) is 30.3 Å². The zero-order chi connectivity index (χ0) is 12.5. The molecule has 1 fully saturated rings. The van der Waals surface area contributed by atoms with Crippen LogP contribution in [0.3, 0.4) is 0 Å². The third-order valence-electron chi connectivity index (χ3n) is 2.80. The largest absolute Gasteiger partial charge is 0.468 e. The third kappa shape index (κ3) is 1.64. The molecule has 0 atom stereocenters. The maximum absolute atomic E-state index is 12.4. The van der Waals surface area contributed by atoms with Gasteiger partial charge in [-0.2, -0.15) is 0 Å². The van der Waals surface area contributed by atoms with E-state index in [4.69, 9.17) is 4.74 Å². The van der Waals surface area contributed by atoms with Crippen molar-refractivity contribution in [2.75, 3.05) is 20.3 Å². The Bertz CT molecular complexity index is 516. The van der Waals surface area contributed by atoms with Gasteiger partial charge in [0.05, 0.1) is 25.2 Å². The van der Waals surface area contributed by atoms with Crippen molar-refractivity contribution in [2.45, 2.75) is 9.64 Å². The maximum Gasteiger partial charge on any atom is 0.332 e. The number of carbonyl (C=O) groups is 1. The van der Waals surface area contributed by atoms with Gasteiger partial charge in [0.25, 0.3) is 0 Å². The van der Waals surface area contributed by atoms with E-state index in [0.29, 0.717) is 0 Å². The van der Waals surface area contributed by atoms with Crippen molar-refractivity contribution in [3.8, 4) is 0 Å². The van der Waals surface area contributed by atoms with E-state index in [1.807, 2.05) is 0 Å². The van der Waals surface area contributed by atoms with E-state index in [2.05, 4.69) is 4.74 Å². The molecule has 0 unspecified atom stereocenters. The smallest absolute Gasteiger partial charge is 0.332 e. The monoisotopic (exact) mass is 256 g/mol. The number of sulfone groups is 1. The van der Waals surface area contributed by atoms with Crippen LogP contribution in [0, 0.1) is 0 Å². The Kier molecular flexibility index (Phi) is 2.92. The fourth-order valence-electron chi connectivity index (χ4n) is 1.68. The summed E-state index contributed by atoms with van der Waals surface area (Å²) in [5.41, 5.74) is 0. The van der Waals surface area contributed by atoms with Gasteiger partial charge in [0.1, 0.15) is 0 Å². The molecule has 17 heavy (non-hydrogen) atoms. The van der Waals surface area contributed by atoms with E-state index in [1.165, 1.54) is 19.2 Å². The van der Waals surface area contributed by atoms with Crippen LogP contribution in [0.5, 0.6) is 0 Å². The Hall–Kier alpha value is -1.40. The molecule has 2 rings (SSSR count). The van der Waals surface area contributed by atoms with Gasteiger partial charge in [0, 0.05) is 0 Å². The molecule has 0 aliphatic carbocycles. The molecule has 0 saturated carbocycles. The number of methoxy groups -OCH3 is 1. The average Bonchev–Trinajstić information content (AvgIpc) is 2.28. The molecule has 1 aliphatic rings. The quantitative estimate of drug-likeness (QED) is 0.732. The van der Waals surface area contributed by atoms with E-state index in [1.54, 1.807) is 18.2 Å². The molecule has 0 bridgehead atoms. The number of carbonyl (C=O) groups excluding carboxylic acids is 1. The topological polar surface area (TPSA) is 69.7 Å². The average molecular weight is 256 g/mol. The number of hydrogen-bond acceptors (Lipinski definition) is 5. The lowest BCUT2D eigenvalue weighted by Crippen LogP contribution is -2.61. The Morgan fingerprint density at radius 3 is 2.29 bits per heavy atom. The van der Waals surface area contributed by atoms with E-state index in [9.17, 15) is 13.2 Å². The van der Waals surface area contributed by atoms with Crippen molar-refractivity contribution >= 4 is 15.8 Å². The summed E-state index contributed by atoms with van der Waals surface area (Å²) >= 11 is 0. The van der Waals surface area contributed by atoms with Gasteiger partial charge >= 0.3 is 5.97 Å². The highest BCUT2D eigenvalue weighted by atomic mass is 32.2. The van der Waals surface area contributed by atoms with Crippen LogP contribution in [0.2, 0.25) is 0 Å². The molecule has 1 aliphatic heterocycles. The zero-order valence-corrected chi connectivity index (χ0v) is 10.1. The van der Waals surface area contributed by atoms with E-state index in [-0.39, 0.29) is 18.1 Å². The standard InChI is InChI=1S/C11H12O5S/c1-15-10(12)11(7-16-8-11)17(13,14)9-5-3-2-4-6-9/h2-6H,7-8H2,1H3. The van der Waals surface area contributed by atoms with Crippen molar-refractivity contribution in [1.82, 2.24) is 0 Å². The van der Waals surface area contributed by atoms with Gasteiger partial charge in [0.2, 0.25) is 4.75 Å². The van der Waals surface area contributed by atoms with Gasteiger partial charge in [0.15, 0.2) is 9.84 Å². The van der Waals surface area contributed by atoms with E-state index >= 15 is 0 Å². The molecule has 92 valence electrons. The lowest BCUT2D eigenvalue weighted by atomic mass is 10.1. The van der Waals surface area contributed by atoms with E-state index in [0.717, 1.165) is 0 Å². The highest BCUT2D eigenvalue weighted by Crippen LogP contribution is 2.33. The minimum atomic E-state index is -3.77. The minimum Gasteiger partial charge on any atom is -0.468 e. The van der Waals surface area contributed by atoms with Crippen LogP contribution in [0.15, 0.2) is 35.2 Å². The number of ether oxygens (including phenoxy) is 2. The predicted molar refractivity (Wildman–Crippen MR) is 59.2 cm³/mol. The maximum atomic E-state index is 12.4. The Morgan fingerprint density at radius 1 is 1.29 bits per heavy atom. The van der Waals surface area contributed by atoms with E-state index < -0.39 is 20.6 Å². The number of esters is 1. The molecule has 0 spiro atoms. The zero-order valence-electron chi connectivity index (χ0n) is 9.25. The van der Waals surface area contributed by atoms with Crippen molar-refractivity contribution in [2.24, 2.45) is 0 Å². The molecular formula is C11H12O5S. The first-order chi connectivity index (χ1) is 8.04. The van der Waals surface area contributed by atoms with Crippen molar-refractivity contribution in [3.63, 3.8) is 0 Å². The number of rotatable bonds is 3. The fourth-order valence-corrected chi connectivity index (χ4v) is 3.43. The molecule has 1 aromatic carbocycles. The SMILES string of the molecule is COC(=O)C1(S(=O)(=O)c2ccccc2)COC1. The van der Waals surface area contributed by atoms with Crippen LogP contribution in [0.4, 0.5) is 0 Å². The second-order valence-electron chi connectivity index (χ2n) is 3.80. The summed E-state index contributed by atoms with van der Waals surface area (Å²) in [4.78, 5) is 11.8. The second kappa shape index (κ2) is 4.12. The van der Waals surface area contributed by atoms with Gasteiger partial charge in [-0.25, -0.2) is 8.42 Å². The van der Waals surface area contributed by atoms with Crippen LogP contribution >= 0.6 is 0 Å². The summed E-state index contributed by atoms with van der Waals surface area (Å²) in [5.74, 6) is -0.771. The number of benzene rings is 1. The summed E-state index contributed by atoms with van der Waals surface area (Å²) < 4.78 is 32.6. The first-order valence-corrected chi connectivity index (χ1v) is 6.49. The first-order valence-electron chi connectivity index (χ1n) is 5.00. The highest BCUT2D eigenvalue weighted by molar-refractivity contribution is 7.93. The molecular weight excluding hydrogens is 244 g/mol. The summed E-state index contributed by atoms with van der Waals surface area (Å²) in [6, 6.07) is 7.84. The molecule has 5 nitrogen and oxygen atoms in total. The van der Waals surface area contributed by atoms with Gasteiger partial charge in [-0.15, -0.1) is 0 Å². The minimum absolute atomic E-state index is 0.105. The summed E-state index contributed by atoms with van der Waals surface area (Å²) in [6.45, 7) is -0.312. The highest BCUT2D eigenvalue weighted by Gasteiger charge is 2.58. The van der Waals surface area contributed by atoms with Crippen LogP contribution in [-0.2, 0) is 24.1 Å². The fraction of sp³-hybridized carbons (Fsp3) is 0.364. The Morgan fingerprint density at radius 2 is 1.88 bits per heavy atom. The van der Waals surface area contributed by atoms with Crippen LogP contribution in [0.25, 0.3) is 0 Å². The predicted octanol–water partition coefficient (Wildman–Crippen LogP) is 0.402. The van der Waals surface area contributed by atoms with Gasteiger partial charge in [-0.05, 0) is 12.1 Å². The summed E-state index contributed by atoms with van der Waals surface area (Å²) in [6.07, 6.45) is 0. The molecule has 0 radical (unpaired) electrons. The molecule has 0 amide bonds. The molecule has 1 aromatic rings. The van der Waals surface area contributed by atoms with Crippen molar-refractivity contribution in [1.29, 1.82) is 0 Å².